The Kier molecular flexibility index (Phi) is 5.42. The van der Waals surface area contributed by atoms with Gasteiger partial charge in [0.1, 0.15) is 11.4 Å². The minimum absolute atomic E-state index is 0.0720. The van der Waals surface area contributed by atoms with E-state index in [0.29, 0.717) is 18.8 Å². The first-order valence-corrected chi connectivity index (χ1v) is 7.83. The van der Waals surface area contributed by atoms with Crippen LogP contribution in [0.25, 0.3) is 0 Å². The van der Waals surface area contributed by atoms with Crippen LogP contribution in [0.5, 0.6) is 5.75 Å². The van der Waals surface area contributed by atoms with Crippen LogP contribution in [0.4, 0.5) is 18.9 Å². The average molecular weight is 345 g/mol. The number of amides is 1. The minimum Gasteiger partial charge on any atom is -0.496 e. The second-order valence-corrected chi connectivity index (χ2v) is 6.27. The molecule has 2 atom stereocenters. The molecule has 1 aromatic carbocycles. The van der Waals surface area contributed by atoms with E-state index >= 15 is 0 Å². The summed E-state index contributed by atoms with van der Waals surface area (Å²) in [7, 11) is 2.64. The zero-order valence-corrected chi connectivity index (χ0v) is 14.0. The number of rotatable bonds is 4. The monoisotopic (exact) mass is 345 g/mol. The number of nitrogens with one attached hydrogen (secondary N) is 1. The predicted octanol–water partition coefficient (Wildman–Crippen LogP) is 4.25. The lowest BCUT2D eigenvalue weighted by molar-refractivity contribution is -0.143. The summed E-state index contributed by atoms with van der Waals surface area (Å²) in [6.07, 6.45) is -1.60. The number of ether oxygens (including phenoxy) is 2. The third kappa shape index (κ3) is 3.83. The average Bonchev–Trinajstić information content (AvgIpc) is 2.53. The number of halogens is 3. The Morgan fingerprint density at radius 3 is 2.58 bits per heavy atom. The highest BCUT2D eigenvalue weighted by Crippen LogP contribution is 2.39. The van der Waals surface area contributed by atoms with Crippen molar-refractivity contribution in [3.8, 4) is 5.75 Å². The Bertz CT molecular complexity index is 603. The van der Waals surface area contributed by atoms with E-state index in [-0.39, 0.29) is 11.4 Å². The SMILES string of the molecule is COc1ccc(NC(=O)C2(OC)CCCC(C)C2)cc1C(F)(F)F. The summed E-state index contributed by atoms with van der Waals surface area (Å²) in [5.74, 6) is -0.367. The van der Waals surface area contributed by atoms with Gasteiger partial charge in [-0.1, -0.05) is 13.3 Å². The van der Waals surface area contributed by atoms with Gasteiger partial charge in [-0.15, -0.1) is 0 Å². The van der Waals surface area contributed by atoms with Crippen molar-refractivity contribution >= 4 is 11.6 Å². The Labute approximate surface area is 139 Å². The summed E-state index contributed by atoms with van der Waals surface area (Å²) in [6.45, 7) is 2.04. The molecular weight excluding hydrogens is 323 g/mol. The van der Waals surface area contributed by atoms with Crippen LogP contribution in [0.1, 0.15) is 38.2 Å². The smallest absolute Gasteiger partial charge is 0.420 e. The van der Waals surface area contributed by atoms with Gasteiger partial charge in [0.15, 0.2) is 0 Å². The summed E-state index contributed by atoms with van der Waals surface area (Å²) in [4.78, 5) is 12.6. The molecule has 1 fully saturated rings. The molecule has 2 rings (SSSR count). The van der Waals surface area contributed by atoms with Crippen molar-refractivity contribution in [2.24, 2.45) is 5.92 Å². The van der Waals surface area contributed by atoms with Gasteiger partial charge in [0.25, 0.3) is 5.91 Å². The van der Waals surface area contributed by atoms with Crippen molar-refractivity contribution in [1.29, 1.82) is 0 Å². The van der Waals surface area contributed by atoms with Gasteiger partial charge in [-0.05, 0) is 43.4 Å². The molecule has 0 aliphatic heterocycles. The van der Waals surface area contributed by atoms with Crippen molar-refractivity contribution in [3.63, 3.8) is 0 Å². The molecule has 24 heavy (non-hydrogen) atoms. The lowest BCUT2D eigenvalue weighted by atomic mass is 9.78. The van der Waals surface area contributed by atoms with Crippen molar-refractivity contribution in [2.75, 3.05) is 19.5 Å². The minimum atomic E-state index is -4.57. The maximum absolute atomic E-state index is 13.1. The van der Waals surface area contributed by atoms with Crippen LogP contribution in [-0.4, -0.2) is 25.7 Å². The molecule has 1 N–H and O–H groups in total. The Balaban J connectivity index is 2.25. The summed E-state index contributed by atoms with van der Waals surface area (Å²) >= 11 is 0. The molecule has 1 amide bonds. The van der Waals surface area contributed by atoms with E-state index in [1.165, 1.54) is 26.4 Å². The van der Waals surface area contributed by atoms with Gasteiger partial charge in [-0.3, -0.25) is 4.79 Å². The van der Waals surface area contributed by atoms with Crippen LogP contribution in [-0.2, 0) is 15.7 Å². The summed E-state index contributed by atoms with van der Waals surface area (Å²) in [5, 5.41) is 2.57. The van der Waals surface area contributed by atoms with Gasteiger partial charge in [0, 0.05) is 12.8 Å². The zero-order valence-electron chi connectivity index (χ0n) is 14.0. The normalized spacial score (nSPS) is 24.5. The van der Waals surface area contributed by atoms with Crippen molar-refractivity contribution in [1.82, 2.24) is 0 Å². The molecule has 0 radical (unpaired) electrons. The fraction of sp³-hybridized carbons (Fsp3) is 0.588. The molecule has 1 aliphatic rings. The zero-order chi connectivity index (χ0) is 18.0. The molecule has 0 saturated heterocycles. The number of anilines is 1. The van der Waals surface area contributed by atoms with Gasteiger partial charge in [-0.25, -0.2) is 0 Å². The standard InChI is InChI=1S/C17H22F3NO3/c1-11-5-4-8-16(10-11,24-3)15(22)21-12-6-7-14(23-2)13(9-12)17(18,19)20/h6-7,9,11H,4-5,8,10H2,1-3H3,(H,21,22). The van der Waals surface area contributed by atoms with Crippen LogP contribution in [0.15, 0.2) is 18.2 Å². The molecule has 1 aliphatic carbocycles. The molecule has 0 bridgehead atoms. The van der Waals surface area contributed by atoms with E-state index in [4.69, 9.17) is 9.47 Å². The number of carbonyl (C=O) groups excluding carboxylic acids is 1. The molecule has 0 heterocycles. The first-order chi connectivity index (χ1) is 11.2. The van der Waals surface area contributed by atoms with Crippen LogP contribution in [0, 0.1) is 5.92 Å². The van der Waals surface area contributed by atoms with Gasteiger partial charge in [-0.2, -0.15) is 13.2 Å². The Hall–Kier alpha value is -1.76. The molecule has 134 valence electrons. The highest BCUT2D eigenvalue weighted by atomic mass is 19.4. The number of methoxy groups -OCH3 is 2. The molecule has 0 aromatic heterocycles. The third-order valence-corrected chi connectivity index (χ3v) is 4.52. The molecule has 7 heteroatoms. The number of alkyl halides is 3. The fourth-order valence-corrected chi connectivity index (χ4v) is 3.24. The topological polar surface area (TPSA) is 47.6 Å². The number of carbonyl (C=O) groups is 1. The van der Waals surface area contributed by atoms with Crippen LogP contribution in [0.2, 0.25) is 0 Å². The first-order valence-electron chi connectivity index (χ1n) is 7.83. The largest absolute Gasteiger partial charge is 0.496 e. The van der Waals surface area contributed by atoms with E-state index in [1.807, 2.05) is 6.92 Å². The van der Waals surface area contributed by atoms with E-state index < -0.39 is 23.2 Å². The van der Waals surface area contributed by atoms with E-state index in [9.17, 15) is 18.0 Å². The van der Waals surface area contributed by atoms with Gasteiger partial charge in [0.05, 0.1) is 12.7 Å². The van der Waals surface area contributed by atoms with Crippen molar-refractivity contribution < 1.29 is 27.4 Å². The van der Waals surface area contributed by atoms with Crippen LogP contribution >= 0.6 is 0 Å². The van der Waals surface area contributed by atoms with Crippen molar-refractivity contribution in [3.05, 3.63) is 23.8 Å². The van der Waals surface area contributed by atoms with Crippen LogP contribution < -0.4 is 10.1 Å². The molecule has 1 saturated carbocycles. The van der Waals surface area contributed by atoms with Crippen LogP contribution in [0.3, 0.4) is 0 Å². The van der Waals surface area contributed by atoms with Gasteiger partial charge in [0.2, 0.25) is 0 Å². The summed E-state index contributed by atoms with van der Waals surface area (Å²) in [6, 6.07) is 3.47. The molecule has 1 aromatic rings. The Morgan fingerprint density at radius 1 is 1.33 bits per heavy atom. The molecule has 2 unspecified atom stereocenters. The molecule has 0 spiro atoms. The first kappa shape index (κ1) is 18.6. The molecular formula is C17H22F3NO3. The quantitative estimate of drug-likeness (QED) is 0.887. The summed E-state index contributed by atoms with van der Waals surface area (Å²) < 4.78 is 49.5. The second-order valence-electron chi connectivity index (χ2n) is 6.27. The van der Waals surface area contributed by atoms with Crippen molar-refractivity contribution in [2.45, 2.75) is 44.4 Å². The maximum Gasteiger partial charge on any atom is 0.420 e. The highest BCUT2D eigenvalue weighted by Gasteiger charge is 2.42. The van der Waals surface area contributed by atoms with E-state index in [1.54, 1.807) is 0 Å². The van der Waals surface area contributed by atoms with Gasteiger partial charge >= 0.3 is 6.18 Å². The van der Waals surface area contributed by atoms with E-state index in [0.717, 1.165) is 18.9 Å². The van der Waals surface area contributed by atoms with E-state index in [2.05, 4.69) is 5.32 Å². The number of hydrogen-bond donors (Lipinski definition) is 1. The third-order valence-electron chi connectivity index (χ3n) is 4.52. The van der Waals surface area contributed by atoms with Gasteiger partial charge < -0.3 is 14.8 Å². The second kappa shape index (κ2) is 7.01. The highest BCUT2D eigenvalue weighted by molar-refractivity contribution is 5.97. The Morgan fingerprint density at radius 2 is 2.04 bits per heavy atom. The number of hydrogen-bond acceptors (Lipinski definition) is 3. The predicted molar refractivity (Wildman–Crippen MR) is 84.0 cm³/mol. The maximum atomic E-state index is 13.1. The number of benzene rings is 1. The lowest BCUT2D eigenvalue weighted by Crippen LogP contribution is -2.47. The fourth-order valence-electron chi connectivity index (χ4n) is 3.24. The lowest BCUT2D eigenvalue weighted by Gasteiger charge is -2.37. The summed E-state index contributed by atoms with van der Waals surface area (Å²) in [5.41, 5.74) is -1.84. The molecule has 4 nitrogen and oxygen atoms in total.